The Kier molecular flexibility index (Phi) is 6.01. The van der Waals surface area contributed by atoms with Crippen molar-refractivity contribution in [1.82, 2.24) is 9.99 Å². The third-order valence-electron chi connectivity index (χ3n) is 6.43. The predicted molar refractivity (Wildman–Crippen MR) is 147 cm³/mol. The number of carbonyl (C=O) groups excluding carboxylic acids is 1. The summed E-state index contributed by atoms with van der Waals surface area (Å²) in [7, 11) is 0. The summed E-state index contributed by atoms with van der Waals surface area (Å²) in [6.45, 7) is 8.16. The molecular formula is C30H23N3O4S. The van der Waals surface area contributed by atoms with Gasteiger partial charge in [-0.3, -0.25) is 4.79 Å². The molecular weight excluding hydrogens is 498 g/mol. The van der Waals surface area contributed by atoms with Crippen molar-refractivity contribution in [3.8, 4) is 23.0 Å². The lowest BCUT2D eigenvalue weighted by Gasteiger charge is -2.41. The number of rotatable bonds is 8. The zero-order valence-corrected chi connectivity index (χ0v) is 21.2. The molecule has 0 unspecified atom stereocenters. The maximum atomic E-state index is 13.9. The van der Waals surface area contributed by atoms with Crippen LogP contribution in [0.1, 0.15) is 32.1 Å². The maximum Gasteiger partial charge on any atom is 0.275 e. The minimum Gasteiger partial charge on any atom is -0.489 e. The van der Waals surface area contributed by atoms with Crippen molar-refractivity contribution < 1.29 is 19.0 Å². The standard InChI is InChI=1S/C30H23N3O4S/c1-3-14-35-20-9-11-24-26(17-20)37-27-18-21(36-15-4-2)10-12-25(27)30(24)23-8-6-5-7-22(23)29(34)33(30)32-19-28-31-13-16-38-28/h3-13,16-19H,1-2,14-15H2/b32-19+. The molecule has 6 rings (SSSR count). The van der Waals surface area contributed by atoms with E-state index in [1.807, 2.05) is 66.0 Å². The molecule has 0 bridgehead atoms. The van der Waals surface area contributed by atoms with Gasteiger partial charge < -0.3 is 14.2 Å². The monoisotopic (exact) mass is 521 g/mol. The largest absolute Gasteiger partial charge is 0.489 e. The highest BCUT2D eigenvalue weighted by Crippen LogP contribution is 2.58. The zero-order valence-electron chi connectivity index (χ0n) is 20.4. The summed E-state index contributed by atoms with van der Waals surface area (Å²) in [6.07, 6.45) is 6.69. The fraction of sp³-hybridized carbons (Fsp3) is 0.100. The number of nitrogens with zero attached hydrogens (tertiary/aromatic N) is 3. The van der Waals surface area contributed by atoms with Gasteiger partial charge in [0.2, 0.25) is 0 Å². The van der Waals surface area contributed by atoms with E-state index in [1.54, 1.807) is 24.6 Å². The number of amides is 1. The number of thiazole rings is 1. The molecule has 188 valence electrons. The van der Waals surface area contributed by atoms with E-state index in [4.69, 9.17) is 19.3 Å². The number of carbonyl (C=O) groups is 1. The van der Waals surface area contributed by atoms with Crippen LogP contribution < -0.4 is 14.2 Å². The Morgan fingerprint density at radius 1 is 0.947 bits per heavy atom. The summed E-state index contributed by atoms with van der Waals surface area (Å²) < 4.78 is 18.0. The van der Waals surface area contributed by atoms with E-state index < -0.39 is 5.54 Å². The number of hydrogen-bond donors (Lipinski definition) is 0. The third kappa shape index (κ3) is 3.69. The van der Waals surface area contributed by atoms with E-state index in [-0.39, 0.29) is 5.91 Å². The molecule has 1 amide bonds. The Labute approximate surface area is 223 Å². The van der Waals surface area contributed by atoms with Gasteiger partial charge in [-0.05, 0) is 30.3 Å². The molecule has 2 aliphatic heterocycles. The molecule has 0 aliphatic carbocycles. The minimum atomic E-state index is -1.09. The number of hydrazone groups is 1. The summed E-state index contributed by atoms with van der Waals surface area (Å²) >= 11 is 1.44. The van der Waals surface area contributed by atoms with Gasteiger partial charge in [0.05, 0.1) is 6.21 Å². The van der Waals surface area contributed by atoms with Crippen LogP contribution in [-0.4, -0.2) is 35.3 Å². The van der Waals surface area contributed by atoms with E-state index in [9.17, 15) is 4.79 Å². The van der Waals surface area contributed by atoms with E-state index in [0.717, 1.165) is 16.7 Å². The molecule has 1 aromatic heterocycles. The van der Waals surface area contributed by atoms with Gasteiger partial charge in [-0.15, -0.1) is 11.3 Å². The van der Waals surface area contributed by atoms with Crippen LogP contribution in [0.4, 0.5) is 0 Å². The minimum absolute atomic E-state index is 0.217. The van der Waals surface area contributed by atoms with Gasteiger partial charge in [-0.25, -0.2) is 9.99 Å². The molecule has 8 heteroatoms. The van der Waals surface area contributed by atoms with Gasteiger partial charge in [-0.2, -0.15) is 5.10 Å². The smallest absolute Gasteiger partial charge is 0.275 e. The van der Waals surface area contributed by atoms with Crippen LogP contribution in [0, 0.1) is 0 Å². The highest BCUT2D eigenvalue weighted by atomic mass is 32.1. The predicted octanol–water partition coefficient (Wildman–Crippen LogP) is 6.16. The molecule has 0 radical (unpaired) electrons. The quantitative estimate of drug-likeness (QED) is 0.205. The first kappa shape index (κ1) is 23.7. The van der Waals surface area contributed by atoms with Gasteiger partial charge in [0.15, 0.2) is 0 Å². The Hall–Kier alpha value is -4.69. The molecule has 0 fully saturated rings. The zero-order chi connectivity index (χ0) is 26.1. The second kappa shape index (κ2) is 9.64. The molecule has 2 aliphatic rings. The van der Waals surface area contributed by atoms with Crippen LogP contribution in [-0.2, 0) is 5.54 Å². The first-order valence-electron chi connectivity index (χ1n) is 12.0. The van der Waals surface area contributed by atoms with E-state index in [1.165, 1.54) is 16.3 Å². The molecule has 0 saturated heterocycles. The summed E-state index contributed by atoms with van der Waals surface area (Å²) in [5.41, 5.74) is 1.84. The molecule has 0 N–H and O–H groups in total. The number of fused-ring (bicyclic) bond motifs is 6. The summed E-state index contributed by atoms with van der Waals surface area (Å²) in [5, 5.41) is 8.84. The number of benzene rings is 3. The fourth-order valence-corrected chi connectivity index (χ4v) is 5.44. The van der Waals surface area contributed by atoms with Crippen molar-refractivity contribution in [2.24, 2.45) is 5.10 Å². The van der Waals surface area contributed by atoms with Crippen LogP contribution in [0.25, 0.3) is 0 Å². The lowest BCUT2D eigenvalue weighted by molar-refractivity contribution is 0.0675. The van der Waals surface area contributed by atoms with Crippen molar-refractivity contribution in [2.75, 3.05) is 13.2 Å². The number of hydrogen-bond acceptors (Lipinski definition) is 7. The Morgan fingerprint density at radius 3 is 2.21 bits per heavy atom. The molecule has 3 aromatic carbocycles. The van der Waals surface area contributed by atoms with Crippen LogP contribution in [0.2, 0.25) is 0 Å². The summed E-state index contributed by atoms with van der Waals surface area (Å²) in [6, 6.07) is 18.8. The van der Waals surface area contributed by atoms with Gasteiger partial charge in [0.1, 0.15) is 46.8 Å². The highest BCUT2D eigenvalue weighted by Gasteiger charge is 2.57. The van der Waals surface area contributed by atoms with Gasteiger partial charge in [-0.1, -0.05) is 43.5 Å². The van der Waals surface area contributed by atoms with Crippen molar-refractivity contribution in [1.29, 1.82) is 0 Å². The second-order valence-corrected chi connectivity index (χ2v) is 9.53. The van der Waals surface area contributed by atoms with Crippen LogP contribution >= 0.6 is 11.3 Å². The number of ether oxygens (including phenoxy) is 3. The van der Waals surface area contributed by atoms with Crippen molar-refractivity contribution in [3.05, 3.63) is 125 Å². The molecule has 0 atom stereocenters. The summed E-state index contributed by atoms with van der Waals surface area (Å²) in [5.74, 6) is 2.14. The molecule has 38 heavy (non-hydrogen) atoms. The van der Waals surface area contributed by atoms with E-state index in [2.05, 4.69) is 18.1 Å². The normalized spacial score (nSPS) is 14.5. The number of aromatic nitrogens is 1. The lowest BCUT2D eigenvalue weighted by Crippen LogP contribution is -2.44. The van der Waals surface area contributed by atoms with Crippen molar-refractivity contribution in [3.63, 3.8) is 0 Å². The second-order valence-electron chi connectivity index (χ2n) is 8.61. The fourth-order valence-electron chi connectivity index (χ4n) is 4.95. The van der Waals surface area contributed by atoms with Gasteiger partial charge >= 0.3 is 0 Å². The maximum absolute atomic E-state index is 13.9. The van der Waals surface area contributed by atoms with E-state index in [0.29, 0.717) is 46.8 Å². The SMILES string of the molecule is C=CCOc1ccc2c(c1)Oc1cc(OCC=C)ccc1C21c2ccccc2C(=O)N1/N=C/c1nccs1. The molecule has 4 aromatic rings. The molecule has 7 nitrogen and oxygen atoms in total. The molecule has 1 spiro atoms. The first-order chi connectivity index (χ1) is 18.7. The van der Waals surface area contributed by atoms with Gasteiger partial charge in [0.25, 0.3) is 5.91 Å². The van der Waals surface area contributed by atoms with Gasteiger partial charge in [0, 0.05) is 46.0 Å². The first-order valence-corrected chi connectivity index (χ1v) is 12.9. The Morgan fingerprint density at radius 2 is 1.61 bits per heavy atom. The van der Waals surface area contributed by atoms with Crippen LogP contribution in [0.3, 0.4) is 0 Å². The molecule has 3 heterocycles. The topological polar surface area (TPSA) is 73.2 Å². The third-order valence-corrected chi connectivity index (χ3v) is 7.14. The average molecular weight is 522 g/mol. The lowest BCUT2D eigenvalue weighted by atomic mass is 9.75. The Balaban J connectivity index is 1.62. The molecule has 0 saturated carbocycles. The van der Waals surface area contributed by atoms with Crippen molar-refractivity contribution in [2.45, 2.75) is 5.54 Å². The van der Waals surface area contributed by atoms with Crippen LogP contribution in [0.5, 0.6) is 23.0 Å². The summed E-state index contributed by atoms with van der Waals surface area (Å²) in [4.78, 5) is 18.3. The van der Waals surface area contributed by atoms with Crippen LogP contribution in [0.15, 0.2) is 103 Å². The average Bonchev–Trinajstić information content (AvgIpc) is 3.55. The Bertz CT molecular complexity index is 1520. The highest BCUT2D eigenvalue weighted by molar-refractivity contribution is 7.11. The van der Waals surface area contributed by atoms with Crippen molar-refractivity contribution >= 4 is 23.5 Å². The van der Waals surface area contributed by atoms with E-state index >= 15 is 0 Å².